The van der Waals surface area contributed by atoms with Crippen molar-refractivity contribution in [2.45, 2.75) is 26.4 Å². The molecule has 0 fully saturated rings. The van der Waals surface area contributed by atoms with Crippen LogP contribution in [0.4, 0.5) is 15.4 Å². The average molecular weight is 383 g/mol. The van der Waals surface area contributed by atoms with Gasteiger partial charge in [-0.3, -0.25) is 14.7 Å². The second kappa shape index (κ2) is 6.76. The van der Waals surface area contributed by atoms with E-state index in [1.165, 1.54) is 4.57 Å². The zero-order valence-electron chi connectivity index (χ0n) is 15.7. The van der Waals surface area contributed by atoms with Crippen LogP contribution in [0.3, 0.4) is 0 Å². The molecule has 2 heterocycles. The van der Waals surface area contributed by atoms with E-state index in [4.69, 9.17) is 16.2 Å². The highest BCUT2D eigenvalue weighted by Gasteiger charge is 2.21. The Balaban J connectivity index is 2.07. The third-order valence-electron chi connectivity index (χ3n) is 3.93. The van der Waals surface area contributed by atoms with E-state index < -0.39 is 23.6 Å². The van der Waals surface area contributed by atoms with Gasteiger partial charge in [-0.2, -0.15) is 0 Å². The number of ether oxygens (including phenoxy) is 1. The molecule has 9 heteroatoms. The number of amides is 3. The Morgan fingerprint density at radius 1 is 1.14 bits per heavy atom. The summed E-state index contributed by atoms with van der Waals surface area (Å²) < 4.78 is 6.82. The van der Waals surface area contributed by atoms with Gasteiger partial charge in [-0.1, -0.05) is 12.1 Å². The first-order chi connectivity index (χ1) is 13.1. The van der Waals surface area contributed by atoms with Crippen molar-refractivity contribution in [1.29, 1.82) is 0 Å². The zero-order valence-corrected chi connectivity index (χ0v) is 15.7. The Bertz CT molecular complexity index is 1090. The van der Waals surface area contributed by atoms with Crippen LogP contribution >= 0.6 is 0 Å². The van der Waals surface area contributed by atoms with Gasteiger partial charge in [0.1, 0.15) is 11.4 Å². The van der Waals surface area contributed by atoms with Crippen molar-refractivity contribution >= 4 is 34.8 Å². The lowest BCUT2D eigenvalue weighted by Crippen LogP contribution is -2.27. The summed E-state index contributed by atoms with van der Waals surface area (Å²) in [6.07, 6.45) is 1.10. The number of hydrogen-bond acceptors (Lipinski definition) is 4. The fraction of sp³-hybridized carbons (Fsp3) is 0.211. The standard InChI is InChI=1S/C19H21N5O4/c1-19(2,3)28-18(27)24-8-4-5-13(24)10-6-7-11-12(9-10)22-16(23-17(21)26)14(11)15(20)25/h4-9,22H,1-3H3,(H2,20,25)(H3,21,23,26). The number of primary amides is 2. The highest BCUT2D eigenvalue weighted by molar-refractivity contribution is 6.13. The highest BCUT2D eigenvalue weighted by atomic mass is 16.6. The third kappa shape index (κ3) is 3.68. The molecule has 0 radical (unpaired) electrons. The second-order valence-electron chi connectivity index (χ2n) is 7.23. The number of aromatic nitrogens is 2. The van der Waals surface area contributed by atoms with Crippen molar-refractivity contribution in [3.8, 4) is 11.3 Å². The summed E-state index contributed by atoms with van der Waals surface area (Å²) in [7, 11) is 0. The van der Waals surface area contributed by atoms with Gasteiger partial charge in [0, 0.05) is 22.7 Å². The van der Waals surface area contributed by atoms with E-state index in [0.717, 1.165) is 0 Å². The monoisotopic (exact) mass is 383 g/mol. The number of nitrogens with zero attached hydrogens (tertiary/aromatic N) is 1. The van der Waals surface area contributed by atoms with Crippen molar-refractivity contribution < 1.29 is 19.1 Å². The molecule has 3 amide bonds. The van der Waals surface area contributed by atoms with Crippen molar-refractivity contribution in [3.05, 3.63) is 42.1 Å². The van der Waals surface area contributed by atoms with Crippen LogP contribution in [0.5, 0.6) is 0 Å². The Morgan fingerprint density at radius 3 is 2.46 bits per heavy atom. The molecule has 0 bridgehead atoms. The quantitative estimate of drug-likeness (QED) is 0.550. The van der Waals surface area contributed by atoms with Gasteiger partial charge in [0.25, 0.3) is 5.91 Å². The summed E-state index contributed by atoms with van der Waals surface area (Å²) >= 11 is 0. The largest absolute Gasteiger partial charge is 0.443 e. The summed E-state index contributed by atoms with van der Waals surface area (Å²) in [6.45, 7) is 5.37. The minimum Gasteiger partial charge on any atom is -0.443 e. The van der Waals surface area contributed by atoms with Crippen LogP contribution in [0.15, 0.2) is 36.5 Å². The van der Waals surface area contributed by atoms with Crippen molar-refractivity contribution in [2.75, 3.05) is 5.32 Å². The number of fused-ring (bicyclic) bond motifs is 1. The molecule has 0 atom stereocenters. The Labute approximate surface area is 160 Å². The van der Waals surface area contributed by atoms with Crippen LogP contribution in [-0.2, 0) is 4.74 Å². The number of anilines is 1. The average Bonchev–Trinajstić information content (AvgIpc) is 3.15. The summed E-state index contributed by atoms with van der Waals surface area (Å²) in [5.74, 6) is -0.588. The van der Waals surface area contributed by atoms with E-state index in [1.807, 2.05) is 0 Å². The topological polar surface area (TPSA) is 145 Å². The fourth-order valence-corrected chi connectivity index (χ4v) is 2.92. The smallest absolute Gasteiger partial charge is 0.418 e. The molecule has 0 unspecified atom stereocenters. The van der Waals surface area contributed by atoms with Crippen LogP contribution in [0, 0.1) is 0 Å². The molecule has 0 aliphatic carbocycles. The Morgan fingerprint density at radius 2 is 1.86 bits per heavy atom. The van der Waals surface area contributed by atoms with Gasteiger partial charge in [-0.05, 0) is 39.0 Å². The van der Waals surface area contributed by atoms with E-state index in [0.29, 0.717) is 22.2 Å². The maximum absolute atomic E-state index is 12.5. The minimum absolute atomic E-state index is 0.120. The maximum Gasteiger partial charge on any atom is 0.418 e. The molecule has 0 saturated carbocycles. The molecule has 6 N–H and O–H groups in total. The van der Waals surface area contributed by atoms with Gasteiger partial charge < -0.3 is 21.2 Å². The second-order valence-corrected chi connectivity index (χ2v) is 7.23. The first-order valence-electron chi connectivity index (χ1n) is 8.50. The number of H-pyrrole nitrogens is 1. The molecule has 3 aromatic rings. The number of urea groups is 1. The van der Waals surface area contributed by atoms with E-state index in [-0.39, 0.29) is 11.4 Å². The molecule has 0 spiro atoms. The molecule has 1 aromatic carbocycles. The van der Waals surface area contributed by atoms with Crippen molar-refractivity contribution in [1.82, 2.24) is 9.55 Å². The molecule has 2 aromatic heterocycles. The van der Waals surface area contributed by atoms with Gasteiger partial charge >= 0.3 is 12.1 Å². The SMILES string of the molecule is CC(C)(C)OC(=O)n1cccc1-c1ccc2c(C(N)=O)c(NC(N)=O)[nH]c2c1. The molecule has 3 rings (SSSR count). The van der Waals surface area contributed by atoms with E-state index in [2.05, 4.69) is 10.3 Å². The lowest BCUT2D eigenvalue weighted by Gasteiger charge is -2.20. The van der Waals surface area contributed by atoms with Gasteiger partial charge in [0.15, 0.2) is 0 Å². The molecular weight excluding hydrogens is 362 g/mol. The zero-order chi connectivity index (χ0) is 20.6. The first-order valence-corrected chi connectivity index (χ1v) is 8.50. The van der Waals surface area contributed by atoms with Gasteiger partial charge in [0.2, 0.25) is 0 Å². The summed E-state index contributed by atoms with van der Waals surface area (Å²) in [5.41, 5.74) is 11.9. The molecule has 28 heavy (non-hydrogen) atoms. The Kier molecular flexibility index (Phi) is 4.60. The predicted molar refractivity (Wildman–Crippen MR) is 105 cm³/mol. The number of carbonyl (C=O) groups excluding carboxylic acids is 3. The molecule has 0 aliphatic rings. The van der Waals surface area contributed by atoms with E-state index >= 15 is 0 Å². The number of nitrogens with two attached hydrogens (primary N) is 2. The maximum atomic E-state index is 12.5. The molecule has 146 valence electrons. The van der Waals surface area contributed by atoms with Crippen molar-refractivity contribution in [3.63, 3.8) is 0 Å². The van der Waals surface area contributed by atoms with Crippen LogP contribution < -0.4 is 16.8 Å². The number of nitrogens with one attached hydrogen (secondary N) is 2. The van der Waals surface area contributed by atoms with E-state index in [9.17, 15) is 14.4 Å². The van der Waals surface area contributed by atoms with Crippen molar-refractivity contribution in [2.24, 2.45) is 11.5 Å². The van der Waals surface area contributed by atoms with Gasteiger partial charge in [0.05, 0.1) is 11.3 Å². The van der Waals surface area contributed by atoms with Crippen LogP contribution in [0.1, 0.15) is 31.1 Å². The number of aromatic amines is 1. The van der Waals surface area contributed by atoms with Crippen LogP contribution in [-0.4, -0.2) is 33.2 Å². The lowest BCUT2D eigenvalue weighted by atomic mass is 10.1. The Hall–Kier alpha value is -3.75. The summed E-state index contributed by atoms with van der Waals surface area (Å²) in [5, 5.41) is 2.88. The minimum atomic E-state index is -0.826. The highest BCUT2D eigenvalue weighted by Crippen LogP contribution is 2.30. The number of benzene rings is 1. The lowest BCUT2D eigenvalue weighted by molar-refractivity contribution is 0.0540. The van der Waals surface area contributed by atoms with Gasteiger partial charge in [-0.15, -0.1) is 0 Å². The molecule has 0 aliphatic heterocycles. The normalized spacial score (nSPS) is 11.4. The predicted octanol–water partition coefficient (Wildman–Crippen LogP) is 3.01. The number of rotatable bonds is 3. The molecule has 9 nitrogen and oxygen atoms in total. The molecule has 0 saturated heterocycles. The van der Waals surface area contributed by atoms with Crippen LogP contribution in [0.2, 0.25) is 0 Å². The number of carbonyl (C=O) groups is 3. The number of hydrogen-bond donors (Lipinski definition) is 4. The van der Waals surface area contributed by atoms with Crippen LogP contribution in [0.25, 0.3) is 22.2 Å². The summed E-state index contributed by atoms with van der Waals surface area (Å²) in [4.78, 5) is 38.4. The first kappa shape index (κ1) is 19.0. The third-order valence-corrected chi connectivity index (χ3v) is 3.93. The summed E-state index contributed by atoms with van der Waals surface area (Å²) in [6, 6.07) is 7.84. The molecular formula is C19H21N5O4. The fourth-order valence-electron chi connectivity index (χ4n) is 2.92. The van der Waals surface area contributed by atoms with E-state index in [1.54, 1.807) is 57.3 Å². The van der Waals surface area contributed by atoms with Gasteiger partial charge in [-0.25, -0.2) is 9.59 Å².